The minimum atomic E-state index is -0.998. The van der Waals surface area contributed by atoms with Gasteiger partial charge >= 0.3 is 5.97 Å². The predicted octanol–water partition coefficient (Wildman–Crippen LogP) is 2.05. The number of carbonyl (C=O) groups is 2. The molecule has 2 N–H and O–H groups in total. The Morgan fingerprint density at radius 1 is 1.26 bits per heavy atom. The Hall–Kier alpha value is -1.10. The molecular formula is C14H27NO4. The van der Waals surface area contributed by atoms with E-state index >= 15 is 0 Å². The lowest BCUT2D eigenvalue weighted by Gasteiger charge is -2.16. The molecule has 0 radical (unpaired) electrons. The average molecular weight is 273 g/mol. The molecule has 0 fully saturated rings. The van der Waals surface area contributed by atoms with Crippen molar-refractivity contribution in [3.8, 4) is 0 Å². The molecule has 1 amide bonds. The third kappa shape index (κ3) is 9.47. The monoisotopic (exact) mass is 273 g/mol. The lowest BCUT2D eigenvalue weighted by atomic mass is 10.0. The molecule has 2 unspecified atom stereocenters. The van der Waals surface area contributed by atoms with Crippen LogP contribution in [0.1, 0.15) is 47.0 Å². The van der Waals surface area contributed by atoms with Gasteiger partial charge in [-0.2, -0.15) is 0 Å². The molecule has 0 rings (SSSR count). The van der Waals surface area contributed by atoms with Crippen LogP contribution in [-0.4, -0.2) is 36.2 Å². The van der Waals surface area contributed by atoms with Gasteiger partial charge in [-0.05, 0) is 24.7 Å². The average Bonchev–Trinajstić information content (AvgIpc) is 2.32. The molecule has 112 valence electrons. The molecule has 2 atom stereocenters. The van der Waals surface area contributed by atoms with Crippen molar-refractivity contribution in [3.05, 3.63) is 0 Å². The summed E-state index contributed by atoms with van der Waals surface area (Å²) in [5.41, 5.74) is 0. The molecule has 5 nitrogen and oxygen atoms in total. The van der Waals surface area contributed by atoms with E-state index in [0.717, 1.165) is 12.8 Å². The molecule has 0 spiro atoms. The molecule has 19 heavy (non-hydrogen) atoms. The van der Waals surface area contributed by atoms with Gasteiger partial charge in [0, 0.05) is 6.61 Å². The van der Waals surface area contributed by atoms with Crippen LogP contribution in [0, 0.1) is 11.8 Å². The maximum Gasteiger partial charge on any atom is 0.326 e. The van der Waals surface area contributed by atoms with E-state index in [0.29, 0.717) is 18.9 Å². The highest BCUT2D eigenvalue weighted by Gasteiger charge is 2.20. The van der Waals surface area contributed by atoms with Gasteiger partial charge in [0.05, 0.1) is 0 Å². The van der Waals surface area contributed by atoms with Crippen LogP contribution in [0.5, 0.6) is 0 Å². The quantitative estimate of drug-likeness (QED) is 0.597. The Bertz CT molecular complexity index is 279. The van der Waals surface area contributed by atoms with Crippen molar-refractivity contribution >= 4 is 11.9 Å². The Balaban J connectivity index is 3.90. The number of hydrogen-bond acceptors (Lipinski definition) is 3. The summed E-state index contributed by atoms with van der Waals surface area (Å²) >= 11 is 0. The van der Waals surface area contributed by atoms with Gasteiger partial charge in [0.15, 0.2) is 0 Å². The Labute approximate surface area is 115 Å². The molecule has 5 heteroatoms. The van der Waals surface area contributed by atoms with E-state index in [1.807, 2.05) is 13.8 Å². The standard InChI is InChI=1S/C14H27NO4/c1-5-11(4)6-7-19-9-13(16)15-12(14(17)18)8-10(2)3/h10-12H,5-9H2,1-4H3,(H,15,16)(H,17,18). The lowest BCUT2D eigenvalue weighted by molar-refractivity contribution is -0.143. The molecule has 0 aromatic heterocycles. The minimum Gasteiger partial charge on any atom is -0.480 e. The van der Waals surface area contributed by atoms with E-state index in [2.05, 4.69) is 19.2 Å². The summed E-state index contributed by atoms with van der Waals surface area (Å²) in [5.74, 6) is -0.567. The number of carbonyl (C=O) groups excluding carboxylic acids is 1. The number of ether oxygens (including phenoxy) is 1. The van der Waals surface area contributed by atoms with Gasteiger partial charge in [-0.25, -0.2) is 4.79 Å². The molecule has 0 aromatic carbocycles. The van der Waals surface area contributed by atoms with Crippen molar-refractivity contribution in [2.24, 2.45) is 11.8 Å². The minimum absolute atomic E-state index is 0.0711. The maximum absolute atomic E-state index is 11.6. The van der Waals surface area contributed by atoms with Crippen LogP contribution in [0.2, 0.25) is 0 Å². The maximum atomic E-state index is 11.6. The van der Waals surface area contributed by atoms with Crippen LogP contribution in [0.15, 0.2) is 0 Å². The van der Waals surface area contributed by atoms with Gasteiger partial charge in [0.2, 0.25) is 5.91 Å². The fourth-order valence-electron chi connectivity index (χ4n) is 1.58. The van der Waals surface area contributed by atoms with E-state index in [4.69, 9.17) is 9.84 Å². The molecule has 0 saturated heterocycles. The third-order valence-electron chi connectivity index (χ3n) is 3.03. The fourth-order valence-corrected chi connectivity index (χ4v) is 1.58. The predicted molar refractivity (Wildman–Crippen MR) is 73.9 cm³/mol. The topological polar surface area (TPSA) is 75.6 Å². The summed E-state index contributed by atoms with van der Waals surface area (Å²) in [5, 5.41) is 11.5. The molecule has 0 heterocycles. The van der Waals surface area contributed by atoms with Crippen molar-refractivity contribution in [3.63, 3.8) is 0 Å². The van der Waals surface area contributed by atoms with Crippen molar-refractivity contribution in [1.29, 1.82) is 0 Å². The number of nitrogens with one attached hydrogen (secondary N) is 1. The van der Waals surface area contributed by atoms with Gasteiger partial charge in [-0.15, -0.1) is 0 Å². The first-order valence-corrected chi connectivity index (χ1v) is 6.96. The molecular weight excluding hydrogens is 246 g/mol. The van der Waals surface area contributed by atoms with Crippen LogP contribution < -0.4 is 5.32 Å². The Kier molecular flexibility index (Phi) is 9.21. The number of hydrogen-bond donors (Lipinski definition) is 2. The smallest absolute Gasteiger partial charge is 0.326 e. The fraction of sp³-hybridized carbons (Fsp3) is 0.857. The zero-order valence-corrected chi connectivity index (χ0v) is 12.4. The number of amides is 1. The first-order chi connectivity index (χ1) is 8.86. The van der Waals surface area contributed by atoms with Crippen LogP contribution in [0.25, 0.3) is 0 Å². The summed E-state index contributed by atoms with van der Waals surface area (Å²) in [7, 11) is 0. The van der Waals surface area contributed by atoms with E-state index in [9.17, 15) is 9.59 Å². The molecule has 0 aliphatic heterocycles. The number of rotatable bonds is 10. The summed E-state index contributed by atoms with van der Waals surface area (Å²) < 4.78 is 5.25. The molecule has 0 aromatic rings. The van der Waals surface area contributed by atoms with Crippen LogP contribution in [0.4, 0.5) is 0 Å². The molecule has 0 aliphatic rings. The van der Waals surface area contributed by atoms with E-state index in [1.165, 1.54) is 0 Å². The summed E-state index contributed by atoms with van der Waals surface area (Å²) in [6, 6.07) is -0.828. The molecule has 0 aliphatic carbocycles. The second-order valence-corrected chi connectivity index (χ2v) is 5.44. The van der Waals surface area contributed by atoms with Gasteiger partial charge < -0.3 is 15.2 Å². The normalized spacial score (nSPS) is 14.2. The molecule has 0 bridgehead atoms. The summed E-state index contributed by atoms with van der Waals surface area (Å²) in [6.45, 7) is 8.55. The highest BCUT2D eigenvalue weighted by Crippen LogP contribution is 2.06. The second kappa shape index (κ2) is 9.78. The second-order valence-electron chi connectivity index (χ2n) is 5.44. The summed E-state index contributed by atoms with van der Waals surface area (Å²) in [6.07, 6.45) is 2.43. The Morgan fingerprint density at radius 3 is 2.37 bits per heavy atom. The van der Waals surface area contributed by atoms with Crippen LogP contribution in [-0.2, 0) is 14.3 Å². The zero-order chi connectivity index (χ0) is 14.8. The number of carboxylic acids is 1. The molecule has 0 saturated carbocycles. The summed E-state index contributed by atoms with van der Waals surface area (Å²) in [4.78, 5) is 22.5. The largest absolute Gasteiger partial charge is 0.480 e. The van der Waals surface area contributed by atoms with Crippen molar-refractivity contribution in [2.75, 3.05) is 13.2 Å². The first-order valence-electron chi connectivity index (χ1n) is 6.96. The highest BCUT2D eigenvalue weighted by atomic mass is 16.5. The van der Waals surface area contributed by atoms with Gasteiger partial charge in [-0.1, -0.05) is 34.1 Å². The highest BCUT2D eigenvalue weighted by molar-refractivity contribution is 5.84. The van der Waals surface area contributed by atoms with Crippen molar-refractivity contribution in [2.45, 2.75) is 53.0 Å². The first kappa shape index (κ1) is 17.9. The number of carboxylic acid groups (broad SMARTS) is 1. The van der Waals surface area contributed by atoms with Crippen LogP contribution >= 0.6 is 0 Å². The lowest BCUT2D eigenvalue weighted by Crippen LogP contribution is -2.43. The SMILES string of the molecule is CCC(C)CCOCC(=O)NC(CC(C)C)C(=O)O. The van der Waals surface area contributed by atoms with E-state index in [1.54, 1.807) is 0 Å². The van der Waals surface area contributed by atoms with Crippen LogP contribution in [0.3, 0.4) is 0 Å². The van der Waals surface area contributed by atoms with E-state index in [-0.39, 0.29) is 18.4 Å². The van der Waals surface area contributed by atoms with Gasteiger partial charge in [0.25, 0.3) is 0 Å². The van der Waals surface area contributed by atoms with E-state index < -0.39 is 12.0 Å². The van der Waals surface area contributed by atoms with Gasteiger partial charge in [-0.3, -0.25) is 4.79 Å². The van der Waals surface area contributed by atoms with Gasteiger partial charge in [0.1, 0.15) is 12.6 Å². The van der Waals surface area contributed by atoms with Crippen molar-refractivity contribution < 1.29 is 19.4 Å². The third-order valence-corrected chi connectivity index (χ3v) is 3.03. The zero-order valence-electron chi connectivity index (χ0n) is 12.4. The number of aliphatic carboxylic acids is 1. The Morgan fingerprint density at radius 2 is 1.89 bits per heavy atom. The van der Waals surface area contributed by atoms with Crippen molar-refractivity contribution in [1.82, 2.24) is 5.32 Å².